The molecule has 1 aliphatic rings. The van der Waals surface area contributed by atoms with Gasteiger partial charge in [-0.3, -0.25) is 0 Å². The van der Waals surface area contributed by atoms with Crippen molar-refractivity contribution in [2.45, 2.75) is 89.6 Å². The number of aryl methyl sites for hydroxylation is 1. The molecule has 2 unspecified atom stereocenters. The fourth-order valence-corrected chi connectivity index (χ4v) is 3.22. The van der Waals surface area contributed by atoms with E-state index in [1.165, 1.54) is 57.8 Å². The molecule has 0 aromatic carbocycles. The van der Waals surface area contributed by atoms with Gasteiger partial charge in [0.1, 0.15) is 5.82 Å². The lowest BCUT2D eigenvalue weighted by Crippen LogP contribution is -2.20. The van der Waals surface area contributed by atoms with Crippen molar-refractivity contribution in [2.75, 3.05) is 0 Å². The van der Waals surface area contributed by atoms with Crippen LogP contribution in [-0.4, -0.2) is 26.2 Å². The third-order valence-corrected chi connectivity index (χ3v) is 4.48. The predicted octanol–water partition coefficient (Wildman–Crippen LogP) is 3.15. The Bertz CT molecular complexity index is 376. The summed E-state index contributed by atoms with van der Waals surface area (Å²) in [6, 6.07) is 0.837. The molecule has 2 N–H and O–H groups in total. The van der Waals surface area contributed by atoms with E-state index in [1.807, 2.05) is 11.6 Å². The smallest absolute Gasteiger partial charge is 0.148 e. The van der Waals surface area contributed by atoms with Crippen molar-refractivity contribution in [1.29, 1.82) is 0 Å². The number of hydrogen-bond donors (Lipinski definition) is 1. The monoisotopic (exact) mass is 279 g/mol. The number of hydrogen-bond acceptors (Lipinski definition) is 4. The molecule has 0 aliphatic heterocycles. The summed E-state index contributed by atoms with van der Waals surface area (Å²) < 4.78 is 2.02. The van der Waals surface area contributed by atoms with E-state index in [0.29, 0.717) is 12.1 Å². The van der Waals surface area contributed by atoms with Crippen LogP contribution in [0.4, 0.5) is 0 Å². The van der Waals surface area contributed by atoms with E-state index < -0.39 is 0 Å². The maximum atomic E-state index is 6.20. The third kappa shape index (κ3) is 4.85. The van der Waals surface area contributed by atoms with Crippen LogP contribution in [0.5, 0.6) is 0 Å². The van der Waals surface area contributed by atoms with Crippen LogP contribution in [0.15, 0.2) is 0 Å². The zero-order valence-electron chi connectivity index (χ0n) is 12.8. The summed E-state index contributed by atoms with van der Waals surface area (Å²) in [5, 5.41) is 12.0. The Kier molecular flexibility index (Phi) is 6.43. The summed E-state index contributed by atoms with van der Waals surface area (Å²) in [4.78, 5) is 0. The largest absolute Gasteiger partial charge is 0.328 e. The average molecular weight is 279 g/mol. The first-order chi connectivity index (χ1) is 9.77. The fourth-order valence-electron chi connectivity index (χ4n) is 3.22. The van der Waals surface area contributed by atoms with E-state index >= 15 is 0 Å². The second-order valence-corrected chi connectivity index (χ2v) is 6.21. The Balaban J connectivity index is 1.93. The predicted molar refractivity (Wildman–Crippen MR) is 80.4 cm³/mol. The second-order valence-electron chi connectivity index (χ2n) is 6.21. The van der Waals surface area contributed by atoms with E-state index in [1.54, 1.807) is 0 Å². The topological polar surface area (TPSA) is 69.6 Å². The van der Waals surface area contributed by atoms with E-state index in [-0.39, 0.29) is 0 Å². The molecule has 1 heterocycles. The minimum atomic E-state index is 0.381. The first-order valence-corrected chi connectivity index (χ1v) is 8.27. The van der Waals surface area contributed by atoms with Crippen LogP contribution in [-0.2, 0) is 0 Å². The highest BCUT2D eigenvalue weighted by Crippen LogP contribution is 2.24. The average Bonchev–Trinajstić information content (AvgIpc) is 2.85. The molecule has 1 aromatic rings. The molecule has 0 spiro atoms. The molecule has 5 heteroatoms. The minimum absolute atomic E-state index is 0.381. The van der Waals surface area contributed by atoms with E-state index in [2.05, 4.69) is 15.5 Å². The Labute approximate surface area is 122 Å². The Hall–Kier alpha value is -0.970. The van der Waals surface area contributed by atoms with Crippen LogP contribution >= 0.6 is 0 Å². The maximum Gasteiger partial charge on any atom is 0.148 e. The number of aromatic nitrogens is 4. The van der Waals surface area contributed by atoms with Crippen molar-refractivity contribution in [1.82, 2.24) is 20.2 Å². The van der Waals surface area contributed by atoms with Crippen molar-refractivity contribution in [3.05, 3.63) is 5.82 Å². The van der Waals surface area contributed by atoms with Crippen LogP contribution in [0, 0.1) is 6.92 Å². The third-order valence-electron chi connectivity index (χ3n) is 4.48. The van der Waals surface area contributed by atoms with Gasteiger partial charge in [-0.25, -0.2) is 4.68 Å². The summed E-state index contributed by atoms with van der Waals surface area (Å²) in [7, 11) is 0. The molecular formula is C15H29N5. The maximum absolute atomic E-state index is 6.20. The fraction of sp³-hybridized carbons (Fsp3) is 0.933. The highest BCUT2D eigenvalue weighted by molar-refractivity contribution is 4.80. The zero-order valence-corrected chi connectivity index (χ0v) is 12.8. The number of tetrazole rings is 1. The molecule has 0 bridgehead atoms. The molecule has 1 saturated carbocycles. The second kappa shape index (κ2) is 8.35. The standard InChI is InChI=1S/C15H29N5/c1-13-17-18-19-20(13)15-11-7-5-3-2-4-6-9-14(16)10-8-12-15/h14-15H,2-12,16H2,1H3. The molecule has 2 rings (SSSR count). The quantitative estimate of drug-likeness (QED) is 0.857. The van der Waals surface area contributed by atoms with Gasteiger partial charge in [0.05, 0.1) is 6.04 Å². The molecule has 0 radical (unpaired) electrons. The summed E-state index contributed by atoms with van der Waals surface area (Å²) in [6.45, 7) is 1.99. The van der Waals surface area contributed by atoms with Gasteiger partial charge in [0.2, 0.25) is 0 Å². The van der Waals surface area contributed by atoms with E-state index in [9.17, 15) is 0 Å². The first-order valence-electron chi connectivity index (χ1n) is 8.27. The van der Waals surface area contributed by atoms with Crippen LogP contribution in [0.3, 0.4) is 0 Å². The van der Waals surface area contributed by atoms with E-state index in [4.69, 9.17) is 5.73 Å². The molecule has 114 valence electrons. The molecule has 1 fully saturated rings. The van der Waals surface area contributed by atoms with Gasteiger partial charge in [-0.2, -0.15) is 0 Å². The van der Waals surface area contributed by atoms with Crippen LogP contribution in [0.1, 0.15) is 82.5 Å². The highest BCUT2D eigenvalue weighted by Gasteiger charge is 2.16. The van der Waals surface area contributed by atoms with Gasteiger partial charge in [0, 0.05) is 6.04 Å². The van der Waals surface area contributed by atoms with Crippen molar-refractivity contribution in [3.8, 4) is 0 Å². The normalized spacial score (nSPS) is 27.3. The van der Waals surface area contributed by atoms with Crippen molar-refractivity contribution in [3.63, 3.8) is 0 Å². The number of nitrogens with two attached hydrogens (primary N) is 1. The number of rotatable bonds is 1. The van der Waals surface area contributed by atoms with E-state index in [0.717, 1.165) is 18.7 Å². The van der Waals surface area contributed by atoms with Crippen LogP contribution < -0.4 is 5.73 Å². The minimum Gasteiger partial charge on any atom is -0.328 e. The summed E-state index contributed by atoms with van der Waals surface area (Å²) in [5.41, 5.74) is 6.20. The summed E-state index contributed by atoms with van der Waals surface area (Å²) in [6.07, 6.45) is 13.9. The van der Waals surface area contributed by atoms with Crippen molar-refractivity contribution < 1.29 is 0 Å². The van der Waals surface area contributed by atoms with Crippen molar-refractivity contribution >= 4 is 0 Å². The lowest BCUT2D eigenvalue weighted by Gasteiger charge is -2.18. The van der Waals surface area contributed by atoms with Gasteiger partial charge in [-0.15, -0.1) is 5.10 Å². The van der Waals surface area contributed by atoms with Gasteiger partial charge >= 0.3 is 0 Å². The molecule has 0 amide bonds. The van der Waals surface area contributed by atoms with Gasteiger partial charge in [0.15, 0.2) is 0 Å². The highest BCUT2D eigenvalue weighted by atomic mass is 15.5. The van der Waals surface area contributed by atoms with Gasteiger partial charge in [-0.1, -0.05) is 38.5 Å². The molecule has 5 nitrogen and oxygen atoms in total. The van der Waals surface area contributed by atoms with Crippen molar-refractivity contribution in [2.24, 2.45) is 5.73 Å². The lowest BCUT2D eigenvalue weighted by atomic mass is 10.00. The SMILES string of the molecule is Cc1nnnn1C1CCCCCCCCC(N)CCC1. The molecule has 1 aliphatic carbocycles. The van der Waals surface area contributed by atoms with Crippen LogP contribution in [0.25, 0.3) is 0 Å². The molecule has 20 heavy (non-hydrogen) atoms. The Morgan fingerprint density at radius 2 is 1.50 bits per heavy atom. The van der Waals surface area contributed by atoms with Gasteiger partial charge < -0.3 is 5.73 Å². The molecular weight excluding hydrogens is 250 g/mol. The Morgan fingerprint density at radius 1 is 0.900 bits per heavy atom. The van der Waals surface area contributed by atoms with Gasteiger partial charge in [-0.05, 0) is 49.5 Å². The lowest BCUT2D eigenvalue weighted by molar-refractivity contribution is 0.353. The molecule has 2 atom stereocenters. The summed E-state index contributed by atoms with van der Waals surface area (Å²) in [5.74, 6) is 0.934. The molecule has 0 saturated heterocycles. The molecule has 1 aromatic heterocycles. The van der Waals surface area contributed by atoms with Crippen LogP contribution in [0.2, 0.25) is 0 Å². The first kappa shape index (κ1) is 15.4. The Morgan fingerprint density at radius 3 is 2.20 bits per heavy atom. The van der Waals surface area contributed by atoms with Gasteiger partial charge in [0.25, 0.3) is 0 Å². The summed E-state index contributed by atoms with van der Waals surface area (Å²) >= 11 is 0. The number of nitrogens with zero attached hydrogens (tertiary/aromatic N) is 4. The zero-order chi connectivity index (χ0) is 14.2.